The number of nitrogens with one attached hydrogen (secondary N) is 1. The van der Waals surface area contributed by atoms with Gasteiger partial charge in [-0.1, -0.05) is 88.9 Å². The minimum atomic E-state index is -0.531. The fourth-order valence-electron chi connectivity index (χ4n) is 4.75. The van der Waals surface area contributed by atoms with Crippen LogP contribution in [0, 0.1) is 6.92 Å². The lowest BCUT2D eigenvalue weighted by molar-refractivity contribution is -0.143. The molecule has 0 aliphatic heterocycles. The van der Waals surface area contributed by atoms with Crippen LogP contribution in [0.1, 0.15) is 82.9 Å². The van der Waals surface area contributed by atoms with Crippen LogP contribution in [0.4, 0.5) is 0 Å². The molecular formula is C30H42N2O3. The maximum atomic E-state index is 13.4. The van der Waals surface area contributed by atoms with Crippen LogP contribution >= 0.6 is 0 Å². The third-order valence-corrected chi connectivity index (χ3v) is 6.86. The van der Waals surface area contributed by atoms with Crippen molar-refractivity contribution in [1.82, 2.24) is 10.2 Å². The van der Waals surface area contributed by atoms with E-state index in [0.717, 1.165) is 36.8 Å². The van der Waals surface area contributed by atoms with Crippen molar-refractivity contribution in [3.63, 3.8) is 0 Å². The zero-order valence-electron chi connectivity index (χ0n) is 22.1. The molecule has 1 saturated carbocycles. The Morgan fingerprint density at radius 1 is 1.06 bits per heavy atom. The number of amides is 2. The van der Waals surface area contributed by atoms with Gasteiger partial charge in [-0.15, -0.1) is 0 Å². The van der Waals surface area contributed by atoms with Gasteiger partial charge in [-0.3, -0.25) is 9.59 Å². The first-order chi connectivity index (χ1) is 16.7. The lowest BCUT2D eigenvalue weighted by atomic mass is 9.87. The molecule has 0 bridgehead atoms. The molecule has 2 aromatic rings. The van der Waals surface area contributed by atoms with Crippen molar-refractivity contribution in [3.8, 4) is 5.75 Å². The molecule has 5 heteroatoms. The minimum Gasteiger partial charge on any atom is -0.484 e. The Morgan fingerprint density at radius 2 is 1.74 bits per heavy atom. The van der Waals surface area contributed by atoms with Gasteiger partial charge in [0.1, 0.15) is 11.8 Å². The topological polar surface area (TPSA) is 58.6 Å². The molecule has 0 radical (unpaired) electrons. The summed E-state index contributed by atoms with van der Waals surface area (Å²) in [5.74, 6) is 0.411. The van der Waals surface area contributed by atoms with E-state index in [1.54, 1.807) is 4.90 Å². The van der Waals surface area contributed by atoms with Gasteiger partial charge in [0.05, 0.1) is 0 Å². The van der Waals surface area contributed by atoms with Crippen molar-refractivity contribution in [2.45, 2.75) is 97.2 Å². The van der Waals surface area contributed by atoms with Gasteiger partial charge in [-0.25, -0.2) is 0 Å². The third-order valence-electron chi connectivity index (χ3n) is 6.86. The molecule has 2 amide bonds. The van der Waals surface area contributed by atoms with Crippen LogP contribution in [-0.2, 0) is 21.5 Å². The van der Waals surface area contributed by atoms with Gasteiger partial charge in [-0.05, 0) is 54.9 Å². The number of hydrogen-bond donors (Lipinski definition) is 1. The molecule has 190 valence electrons. The average molecular weight is 479 g/mol. The molecule has 1 unspecified atom stereocenters. The second-order valence-corrected chi connectivity index (χ2v) is 10.8. The third kappa shape index (κ3) is 7.84. The van der Waals surface area contributed by atoms with Gasteiger partial charge in [0.2, 0.25) is 5.91 Å². The first-order valence-corrected chi connectivity index (χ1v) is 13.1. The second kappa shape index (κ2) is 12.2. The highest BCUT2D eigenvalue weighted by Crippen LogP contribution is 2.24. The predicted octanol–water partition coefficient (Wildman–Crippen LogP) is 5.93. The number of hydrogen-bond acceptors (Lipinski definition) is 3. The van der Waals surface area contributed by atoms with Crippen molar-refractivity contribution in [3.05, 3.63) is 65.2 Å². The molecule has 1 N–H and O–H groups in total. The smallest absolute Gasteiger partial charge is 0.261 e. The van der Waals surface area contributed by atoms with Crippen LogP contribution in [0.2, 0.25) is 0 Å². The van der Waals surface area contributed by atoms with Gasteiger partial charge in [0.25, 0.3) is 5.91 Å². The number of nitrogens with zero attached hydrogens (tertiary/aromatic N) is 1. The van der Waals surface area contributed by atoms with Crippen LogP contribution in [0.3, 0.4) is 0 Å². The zero-order valence-corrected chi connectivity index (χ0v) is 22.1. The van der Waals surface area contributed by atoms with Gasteiger partial charge in [-0.2, -0.15) is 0 Å². The minimum absolute atomic E-state index is 0.0546. The molecule has 0 heterocycles. The van der Waals surface area contributed by atoms with Crippen molar-refractivity contribution < 1.29 is 14.3 Å². The highest BCUT2D eigenvalue weighted by molar-refractivity contribution is 5.88. The Bertz CT molecular complexity index is 972. The fraction of sp³-hybridized carbons (Fsp3) is 0.533. The molecule has 5 nitrogen and oxygen atoms in total. The second-order valence-electron chi connectivity index (χ2n) is 10.8. The summed E-state index contributed by atoms with van der Waals surface area (Å²) in [4.78, 5) is 28.4. The lowest BCUT2D eigenvalue weighted by Crippen LogP contribution is -2.52. The van der Waals surface area contributed by atoms with E-state index in [0.29, 0.717) is 18.7 Å². The Balaban J connectivity index is 1.74. The number of rotatable bonds is 9. The normalized spacial score (nSPS) is 15.3. The molecule has 1 atom stereocenters. The zero-order chi connectivity index (χ0) is 25.4. The van der Waals surface area contributed by atoms with E-state index < -0.39 is 6.04 Å². The summed E-state index contributed by atoms with van der Waals surface area (Å²) < 4.78 is 5.88. The fourth-order valence-corrected chi connectivity index (χ4v) is 4.75. The van der Waals surface area contributed by atoms with E-state index in [1.807, 2.05) is 56.3 Å². The quantitative estimate of drug-likeness (QED) is 0.486. The SMILES string of the molecule is CCC(C(=O)NC1CCCCC1)N(Cc1cccc(C)c1)C(=O)COc1ccc(C(C)(C)C)cc1. The monoisotopic (exact) mass is 478 g/mol. The summed E-state index contributed by atoms with van der Waals surface area (Å²) in [5.41, 5.74) is 3.41. The number of carbonyl (C=O) groups is 2. The molecule has 1 aliphatic carbocycles. The van der Waals surface area contributed by atoms with Crippen LogP contribution < -0.4 is 10.1 Å². The molecule has 0 aromatic heterocycles. The highest BCUT2D eigenvalue weighted by Gasteiger charge is 2.30. The number of ether oxygens (including phenoxy) is 1. The molecule has 3 rings (SSSR count). The summed E-state index contributed by atoms with van der Waals surface area (Å²) in [6, 6.07) is 15.7. The lowest BCUT2D eigenvalue weighted by Gasteiger charge is -2.32. The van der Waals surface area contributed by atoms with E-state index >= 15 is 0 Å². The van der Waals surface area contributed by atoms with Crippen molar-refractivity contribution >= 4 is 11.8 Å². The molecule has 0 saturated heterocycles. The Labute approximate surface area is 211 Å². The maximum absolute atomic E-state index is 13.4. The molecule has 0 spiro atoms. The molecular weight excluding hydrogens is 436 g/mol. The highest BCUT2D eigenvalue weighted by atomic mass is 16.5. The summed E-state index contributed by atoms with van der Waals surface area (Å²) >= 11 is 0. The standard InChI is InChI=1S/C30H42N2O3/c1-6-27(29(34)31-25-13-8-7-9-14-25)32(20-23-12-10-11-22(2)19-23)28(33)21-35-26-17-15-24(16-18-26)30(3,4)5/h10-12,15-19,25,27H,6-9,13-14,20-21H2,1-5H3,(H,31,34). The largest absolute Gasteiger partial charge is 0.484 e. The van der Waals surface area contributed by atoms with E-state index in [9.17, 15) is 9.59 Å². The molecule has 2 aromatic carbocycles. The van der Waals surface area contributed by atoms with Gasteiger partial charge in [0, 0.05) is 12.6 Å². The van der Waals surface area contributed by atoms with Crippen molar-refractivity contribution in [2.75, 3.05) is 6.61 Å². The van der Waals surface area contributed by atoms with Gasteiger partial charge in [0.15, 0.2) is 6.61 Å². The maximum Gasteiger partial charge on any atom is 0.261 e. The van der Waals surface area contributed by atoms with E-state index in [4.69, 9.17) is 4.74 Å². The first-order valence-electron chi connectivity index (χ1n) is 13.1. The Morgan fingerprint density at radius 3 is 2.34 bits per heavy atom. The van der Waals surface area contributed by atoms with E-state index in [2.05, 4.69) is 32.2 Å². The molecule has 1 aliphatic rings. The van der Waals surface area contributed by atoms with Crippen molar-refractivity contribution in [1.29, 1.82) is 0 Å². The van der Waals surface area contributed by atoms with Crippen LogP contribution in [0.25, 0.3) is 0 Å². The van der Waals surface area contributed by atoms with Crippen LogP contribution in [-0.4, -0.2) is 35.4 Å². The van der Waals surface area contributed by atoms with E-state index in [-0.39, 0.29) is 29.9 Å². The molecule has 1 fully saturated rings. The summed E-state index contributed by atoms with van der Waals surface area (Å²) in [6.45, 7) is 10.8. The van der Waals surface area contributed by atoms with Gasteiger partial charge < -0.3 is 15.0 Å². The molecule has 35 heavy (non-hydrogen) atoms. The van der Waals surface area contributed by atoms with Gasteiger partial charge >= 0.3 is 0 Å². The Hall–Kier alpha value is -2.82. The number of aryl methyl sites for hydroxylation is 1. The number of carbonyl (C=O) groups excluding carboxylic acids is 2. The summed E-state index contributed by atoms with van der Waals surface area (Å²) in [6.07, 6.45) is 6.11. The van der Waals surface area contributed by atoms with E-state index in [1.165, 1.54) is 12.0 Å². The predicted molar refractivity (Wildman–Crippen MR) is 141 cm³/mol. The number of benzene rings is 2. The summed E-state index contributed by atoms with van der Waals surface area (Å²) in [5, 5.41) is 3.22. The average Bonchev–Trinajstić information content (AvgIpc) is 2.83. The van der Waals surface area contributed by atoms with Crippen LogP contribution in [0.15, 0.2) is 48.5 Å². The first kappa shape index (κ1) is 26.8. The Kier molecular flexibility index (Phi) is 9.36. The summed E-state index contributed by atoms with van der Waals surface area (Å²) in [7, 11) is 0. The van der Waals surface area contributed by atoms with Crippen molar-refractivity contribution in [2.24, 2.45) is 0 Å². The van der Waals surface area contributed by atoms with Crippen LogP contribution in [0.5, 0.6) is 5.75 Å².